The maximum absolute atomic E-state index is 12.0. The SMILES string of the molecule is CCNC(C)c1cccc(SCCCC(F)(F)F)c1. The summed E-state index contributed by atoms with van der Waals surface area (Å²) in [5.41, 5.74) is 1.17. The Morgan fingerprint density at radius 1 is 1.32 bits per heavy atom. The first-order valence-corrected chi connectivity index (χ1v) is 7.44. The molecule has 0 spiro atoms. The lowest BCUT2D eigenvalue weighted by molar-refractivity contribution is -0.134. The Morgan fingerprint density at radius 3 is 2.68 bits per heavy atom. The van der Waals surface area contributed by atoms with Gasteiger partial charge in [-0.25, -0.2) is 0 Å². The Kier molecular flexibility index (Phi) is 6.72. The van der Waals surface area contributed by atoms with Gasteiger partial charge in [-0.3, -0.25) is 0 Å². The van der Waals surface area contributed by atoms with E-state index in [2.05, 4.69) is 12.2 Å². The second kappa shape index (κ2) is 7.80. The minimum absolute atomic E-state index is 0.168. The molecule has 19 heavy (non-hydrogen) atoms. The van der Waals surface area contributed by atoms with E-state index in [1.165, 1.54) is 17.3 Å². The highest BCUT2D eigenvalue weighted by Crippen LogP contribution is 2.26. The van der Waals surface area contributed by atoms with Gasteiger partial charge in [-0.15, -0.1) is 11.8 Å². The fourth-order valence-electron chi connectivity index (χ4n) is 1.76. The van der Waals surface area contributed by atoms with Crippen LogP contribution in [0.1, 0.15) is 38.3 Å². The molecule has 1 unspecified atom stereocenters. The molecule has 0 saturated carbocycles. The number of rotatable bonds is 7. The van der Waals surface area contributed by atoms with Gasteiger partial charge in [-0.2, -0.15) is 13.2 Å². The Labute approximate surface area is 117 Å². The number of hydrogen-bond acceptors (Lipinski definition) is 2. The highest BCUT2D eigenvalue weighted by molar-refractivity contribution is 7.99. The average molecular weight is 291 g/mol. The zero-order chi connectivity index (χ0) is 14.3. The molecule has 0 fully saturated rings. The topological polar surface area (TPSA) is 12.0 Å². The van der Waals surface area contributed by atoms with Gasteiger partial charge in [0.15, 0.2) is 0 Å². The molecule has 0 heterocycles. The first-order chi connectivity index (χ1) is 8.92. The molecule has 108 valence electrons. The molecular formula is C14H20F3NS. The van der Waals surface area contributed by atoms with E-state index in [1.807, 2.05) is 31.2 Å². The van der Waals surface area contributed by atoms with Crippen LogP contribution in [0, 0.1) is 0 Å². The monoisotopic (exact) mass is 291 g/mol. The molecule has 1 aromatic carbocycles. The Bertz CT molecular complexity index is 379. The van der Waals surface area contributed by atoms with Gasteiger partial charge in [-0.05, 0) is 43.3 Å². The van der Waals surface area contributed by atoms with Gasteiger partial charge >= 0.3 is 6.18 Å². The van der Waals surface area contributed by atoms with Gasteiger partial charge in [-0.1, -0.05) is 19.1 Å². The smallest absolute Gasteiger partial charge is 0.310 e. The normalized spacial score (nSPS) is 13.5. The van der Waals surface area contributed by atoms with E-state index in [9.17, 15) is 13.2 Å². The Morgan fingerprint density at radius 2 is 2.05 bits per heavy atom. The van der Waals surface area contributed by atoms with Gasteiger partial charge in [0, 0.05) is 17.4 Å². The summed E-state index contributed by atoms with van der Waals surface area (Å²) >= 11 is 1.48. The molecule has 1 nitrogen and oxygen atoms in total. The number of nitrogens with one attached hydrogen (secondary N) is 1. The van der Waals surface area contributed by atoms with Crippen molar-refractivity contribution in [2.24, 2.45) is 0 Å². The van der Waals surface area contributed by atoms with Crippen molar-refractivity contribution in [1.29, 1.82) is 0 Å². The summed E-state index contributed by atoms with van der Waals surface area (Å²) in [4.78, 5) is 1.03. The highest BCUT2D eigenvalue weighted by Gasteiger charge is 2.25. The first kappa shape index (κ1) is 16.4. The van der Waals surface area contributed by atoms with Crippen molar-refractivity contribution in [3.05, 3.63) is 29.8 Å². The van der Waals surface area contributed by atoms with Crippen molar-refractivity contribution in [2.45, 2.75) is 43.8 Å². The molecule has 1 N–H and O–H groups in total. The summed E-state index contributed by atoms with van der Waals surface area (Å²) in [5, 5.41) is 3.32. The van der Waals surface area contributed by atoms with Crippen molar-refractivity contribution in [2.75, 3.05) is 12.3 Å². The summed E-state index contributed by atoms with van der Waals surface area (Å²) < 4.78 is 36.1. The third-order valence-corrected chi connectivity index (χ3v) is 3.82. The molecule has 1 aromatic rings. The van der Waals surface area contributed by atoms with Crippen molar-refractivity contribution < 1.29 is 13.2 Å². The second-order valence-electron chi connectivity index (χ2n) is 4.42. The van der Waals surface area contributed by atoms with E-state index in [1.54, 1.807) is 0 Å². The molecule has 0 aliphatic heterocycles. The van der Waals surface area contributed by atoms with Crippen molar-refractivity contribution in [3.63, 3.8) is 0 Å². The largest absolute Gasteiger partial charge is 0.389 e. The van der Waals surface area contributed by atoms with Crippen LogP contribution in [0.15, 0.2) is 29.2 Å². The second-order valence-corrected chi connectivity index (χ2v) is 5.59. The third kappa shape index (κ3) is 6.87. The van der Waals surface area contributed by atoms with Crippen LogP contribution in [0.3, 0.4) is 0 Å². The van der Waals surface area contributed by atoms with Crippen LogP contribution in [0.5, 0.6) is 0 Å². The van der Waals surface area contributed by atoms with Crippen LogP contribution in [-0.2, 0) is 0 Å². The molecule has 1 rings (SSSR count). The van der Waals surface area contributed by atoms with Crippen molar-refractivity contribution in [3.8, 4) is 0 Å². The number of alkyl halides is 3. The summed E-state index contributed by atoms with van der Waals surface area (Å²) in [5.74, 6) is 0.499. The zero-order valence-electron chi connectivity index (χ0n) is 11.3. The predicted molar refractivity (Wildman–Crippen MR) is 74.5 cm³/mol. The number of benzene rings is 1. The average Bonchev–Trinajstić information content (AvgIpc) is 2.34. The molecule has 0 radical (unpaired) electrons. The van der Waals surface area contributed by atoms with E-state index < -0.39 is 12.6 Å². The van der Waals surface area contributed by atoms with Crippen LogP contribution >= 0.6 is 11.8 Å². The maximum Gasteiger partial charge on any atom is 0.389 e. The van der Waals surface area contributed by atoms with E-state index in [4.69, 9.17) is 0 Å². The predicted octanol–water partition coefficient (Wildman–Crippen LogP) is 4.79. The van der Waals surface area contributed by atoms with Crippen LogP contribution in [0.25, 0.3) is 0 Å². The lowest BCUT2D eigenvalue weighted by Gasteiger charge is -2.13. The minimum atomic E-state index is -4.04. The summed E-state index contributed by atoms with van der Waals surface area (Å²) in [6, 6.07) is 8.25. The van der Waals surface area contributed by atoms with Gasteiger partial charge in [0.1, 0.15) is 0 Å². The molecule has 0 aliphatic carbocycles. The summed E-state index contributed by atoms with van der Waals surface area (Å²) in [6.07, 6.45) is -4.57. The van der Waals surface area contributed by atoms with Gasteiger partial charge in [0.05, 0.1) is 0 Å². The molecule has 0 saturated heterocycles. The fraction of sp³-hybridized carbons (Fsp3) is 0.571. The Balaban J connectivity index is 2.44. The molecular weight excluding hydrogens is 271 g/mol. The third-order valence-electron chi connectivity index (χ3n) is 2.74. The van der Waals surface area contributed by atoms with Gasteiger partial charge < -0.3 is 5.32 Å². The van der Waals surface area contributed by atoms with Crippen LogP contribution < -0.4 is 5.32 Å². The molecule has 5 heteroatoms. The number of halogens is 3. The fourth-order valence-corrected chi connectivity index (χ4v) is 2.68. The van der Waals surface area contributed by atoms with Crippen molar-refractivity contribution in [1.82, 2.24) is 5.32 Å². The Hall–Kier alpha value is -0.680. The molecule has 0 bridgehead atoms. The van der Waals surface area contributed by atoms with Gasteiger partial charge in [0.25, 0.3) is 0 Å². The standard InChI is InChI=1S/C14H20F3NS/c1-3-18-11(2)12-6-4-7-13(10-12)19-9-5-8-14(15,16)17/h4,6-7,10-11,18H,3,5,8-9H2,1-2H3. The van der Waals surface area contributed by atoms with Crippen LogP contribution in [0.4, 0.5) is 13.2 Å². The first-order valence-electron chi connectivity index (χ1n) is 6.45. The van der Waals surface area contributed by atoms with E-state index in [0.717, 1.165) is 11.4 Å². The summed E-state index contributed by atoms with van der Waals surface area (Å²) in [7, 11) is 0. The quantitative estimate of drug-likeness (QED) is 0.572. The molecule has 0 amide bonds. The molecule has 0 aromatic heterocycles. The van der Waals surface area contributed by atoms with Gasteiger partial charge in [0.2, 0.25) is 0 Å². The van der Waals surface area contributed by atoms with E-state index >= 15 is 0 Å². The highest BCUT2D eigenvalue weighted by atomic mass is 32.2. The lowest BCUT2D eigenvalue weighted by atomic mass is 10.1. The molecule has 1 atom stereocenters. The lowest BCUT2D eigenvalue weighted by Crippen LogP contribution is -2.17. The molecule has 0 aliphatic rings. The summed E-state index contributed by atoms with van der Waals surface area (Å²) in [6.45, 7) is 5.02. The maximum atomic E-state index is 12.0. The minimum Gasteiger partial charge on any atom is -0.310 e. The van der Waals surface area contributed by atoms with Crippen LogP contribution in [0.2, 0.25) is 0 Å². The van der Waals surface area contributed by atoms with E-state index in [0.29, 0.717) is 5.75 Å². The zero-order valence-corrected chi connectivity index (χ0v) is 12.1. The van der Waals surface area contributed by atoms with E-state index in [-0.39, 0.29) is 12.5 Å². The van der Waals surface area contributed by atoms with Crippen LogP contribution in [-0.4, -0.2) is 18.5 Å². The van der Waals surface area contributed by atoms with Crippen molar-refractivity contribution >= 4 is 11.8 Å². The number of hydrogen-bond donors (Lipinski definition) is 1. The number of thioether (sulfide) groups is 1.